The number of anilines is 1. The summed E-state index contributed by atoms with van der Waals surface area (Å²) in [7, 11) is 0. The van der Waals surface area contributed by atoms with Crippen molar-refractivity contribution < 1.29 is 14.7 Å². The summed E-state index contributed by atoms with van der Waals surface area (Å²) in [6, 6.07) is 7.95. The molecule has 1 aromatic heterocycles. The molecule has 0 saturated carbocycles. The average molecular weight is 365 g/mol. The summed E-state index contributed by atoms with van der Waals surface area (Å²) >= 11 is 3.37. The molecule has 1 amide bonds. The third-order valence-electron chi connectivity index (χ3n) is 3.01. The predicted octanol–water partition coefficient (Wildman–Crippen LogP) is 2.26. The second-order valence-corrected chi connectivity index (χ2v) is 5.53. The van der Waals surface area contributed by atoms with Gasteiger partial charge < -0.3 is 15.0 Å². The summed E-state index contributed by atoms with van der Waals surface area (Å²) in [5, 5.41) is 11.6. The van der Waals surface area contributed by atoms with Crippen LogP contribution < -0.4 is 10.9 Å². The van der Waals surface area contributed by atoms with Crippen LogP contribution in [0.5, 0.6) is 0 Å². The summed E-state index contributed by atoms with van der Waals surface area (Å²) in [5.74, 6) is -1.73. The fourth-order valence-corrected chi connectivity index (χ4v) is 2.15. The van der Waals surface area contributed by atoms with Crippen LogP contribution in [0, 0.1) is 6.92 Å². The van der Waals surface area contributed by atoms with Crippen molar-refractivity contribution in [3.05, 3.63) is 62.5 Å². The molecule has 0 bridgehead atoms. The number of halogens is 1. The molecule has 0 radical (unpaired) electrons. The molecule has 0 atom stereocenters. The highest BCUT2D eigenvalue weighted by molar-refractivity contribution is 9.10. The Morgan fingerprint density at radius 2 is 2.05 bits per heavy atom. The van der Waals surface area contributed by atoms with Crippen molar-refractivity contribution >= 4 is 33.5 Å². The Morgan fingerprint density at radius 1 is 1.32 bits per heavy atom. The van der Waals surface area contributed by atoms with Crippen molar-refractivity contribution in [3.63, 3.8) is 0 Å². The number of pyridine rings is 1. The van der Waals surface area contributed by atoms with Gasteiger partial charge in [-0.25, -0.2) is 4.79 Å². The van der Waals surface area contributed by atoms with Crippen LogP contribution in [0.2, 0.25) is 0 Å². The molecular weight excluding hydrogens is 352 g/mol. The van der Waals surface area contributed by atoms with E-state index in [1.807, 2.05) is 13.0 Å². The minimum absolute atomic E-state index is 0.255. The number of aromatic carboxylic acids is 1. The van der Waals surface area contributed by atoms with Gasteiger partial charge >= 0.3 is 5.97 Å². The predicted molar refractivity (Wildman–Crippen MR) is 85.2 cm³/mol. The van der Waals surface area contributed by atoms with Gasteiger partial charge in [-0.1, -0.05) is 15.9 Å². The summed E-state index contributed by atoms with van der Waals surface area (Å²) in [4.78, 5) is 34.8. The van der Waals surface area contributed by atoms with E-state index in [1.54, 1.807) is 12.1 Å². The average Bonchev–Trinajstić information content (AvgIpc) is 2.45. The zero-order valence-corrected chi connectivity index (χ0v) is 13.3. The zero-order chi connectivity index (χ0) is 16.3. The Morgan fingerprint density at radius 3 is 2.68 bits per heavy atom. The normalized spacial score (nSPS) is 10.3. The maximum absolute atomic E-state index is 12.0. The van der Waals surface area contributed by atoms with Gasteiger partial charge in [0.15, 0.2) is 0 Å². The van der Waals surface area contributed by atoms with E-state index in [2.05, 4.69) is 21.2 Å². The topological polar surface area (TPSA) is 88.4 Å². The number of aromatic nitrogens is 1. The van der Waals surface area contributed by atoms with Crippen molar-refractivity contribution in [1.82, 2.24) is 4.57 Å². The fourth-order valence-electron chi connectivity index (χ4n) is 1.90. The number of nitrogens with zero attached hydrogens (tertiary/aromatic N) is 1. The largest absolute Gasteiger partial charge is 0.477 e. The van der Waals surface area contributed by atoms with Gasteiger partial charge in [-0.15, -0.1) is 0 Å². The van der Waals surface area contributed by atoms with E-state index >= 15 is 0 Å². The first-order chi connectivity index (χ1) is 10.4. The molecule has 114 valence electrons. The van der Waals surface area contributed by atoms with E-state index in [0.717, 1.165) is 14.6 Å². The third-order valence-corrected chi connectivity index (χ3v) is 3.90. The van der Waals surface area contributed by atoms with Gasteiger partial charge in [0, 0.05) is 16.4 Å². The summed E-state index contributed by atoms with van der Waals surface area (Å²) < 4.78 is 1.99. The number of hydrogen-bond acceptors (Lipinski definition) is 3. The minimum Gasteiger partial charge on any atom is -0.477 e. The molecule has 0 spiro atoms. The van der Waals surface area contributed by atoms with E-state index in [0.29, 0.717) is 5.69 Å². The number of carboxylic acids is 1. The Balaban J connectivity index is 2.16. The van der Waals surface area contributed by atoms with Crippen LogP contribution in [0.1, 0.15) is 15.9 Å². The van der Waals surface area contributed by atoms with Crippen LogP contribution in [0.25, 0.3) is 0 Å². The number of carboxylic acid groups (broad SMARTS) is 1. The number of amides is 1. The Bertz CT molecular complexity index is 798. The number of rotatable bonds is 4. The van der Waals surface area contributed by atoms with Gasteiger partial charge in [-0.05, 0) is 42.8 Å². The summed E-state index contributed by atoms with van der Waals surface area (Å²) in [5.41, 5.74) is 0.489. The van der Waals surface area contributed by atoms with Gasteiger partial charge in [-0.3, -0.25) is 9.59 Å². The second kappa shape index (κ2) is 6.57. The molecule has 1 heterocycles. The van der Waals surface area contributed by atoms with Crippen LogP contribution in [0.4, 0.5) is 5.69 Å². The molecule has 6 nitrogen and oxygen atoms in total. The van der Waals surface area contributed by atoms with Crippen molar-refractivity contribution in [2.75, 3.05) is 5.32 Å². The molecule has 0 aliphatic carbocycles. The Kier molecular flexibility index (Phi) is 4.77. The first-order valence-electron chi connectivity index (χ1n) is 6.37. The van der Waals surface area contributed by atoms with E-state index < -0.39 is 17.4 Å². The number of aryl methyl sites for hydroxylation is 1. The maximum Gasteiger partial charge on any atom is 0.341 e. The highest BCUT2D eigenvalue weighted by Crippen LogP contribution is 2.19. The van der Waals surface area contributed by atoms with Crippen molar-refractivity contribution in [3.8, 4) is 0 Å². The SMILES string of the molecule is Cc1cc(NC(=O)Cn2cccc(C(=O)O)c2=O)ccc1Br. The molecule has 0 aliphatic heterocycles. The van der Waals surface area contributed by atoms with Crippen LogP contribution in [0.15, 0.2) is 45.8 Å². The quantitative estimate of drug-likeness (QED) is 0.870. The molecule has 2 rings (SSSR count). The van der Waals surface area contributed by atoms with E-state index in [4.69, 9.17) is 5.11 Å². The molecule has 2 N–H and O–H groups in total. The van der Waals surface area contributed by atoms with Crippen LogP contribution in [-0.4, -0.2) is 21.6 Å². The first-order valence-corrected chi connectivity index (χ1v) is 7.16. The van der Waals surface area contributed by atoms with Crippen molar-refractivity contribution in [1.29, 1.82) is 0 Å². The molecule has 22 heavy (non-hydrogen) atoms. The van der Waals surface area contributed by atoms with Crippen molar-refractivity contribution in [2.45, 2.75) is 13.5 Å². The van der Waals surface area contributed by atoms with Gasteiger partial charge in [0.25, 0.3) is 5.56 Å². The van der Waals surface area contributed by atoms with E-state index in [-0.39, 0.29) is 12.1 Å². The highest BCUT2D eigenvalue weighted by Gasteiger charge is 2.12. The lowest BCUT2D eigenvalue weighted by Crippen LogP contribution is -2.30. The molecule has 0 saturated heterocycles. The summed E-state index contributed by atoms with van der Waals surface area (Å²) in [6.45, 7) is 1.63. The van der Waals surface area contributed by atoms with Gasteiger partial charge in [0.1, 0.15) is 12.1 Å². The van der Waals surface area contributed by atoms with E-state index in [9.17, 15) is 14.4 Å². The summed E-state index contributed by atoms with van der Waals surface area (Å²) in [6.07, 6.45) is 1.38. The lowest BCUT2D eigenvalue weighted by atomic mass is 10.2. The molecule has 0 aliphatic rings. The second-order valence-electron chi connectivity index (χ2n) is 4.67. The van der Waals surface area contributed by atoms with Crippen LogP contribution >= 0.6 is 15.9 Å². The third kappa shape index (κ3) is 3.62. The number of carbonyl (C=O) groups excluding carboxylic acids is 1. The lowest BCUT2D eigenvalue weighted by molar-refractivity contribution is -0.116. The zero-order valence-electron chi connectivity index (χ0n) is 11.7. The van der Waals surface area contributed by atoms with Gasteiger partial charge in [0.2, 0.25) is 5.91 Å². The van der Waals surface area contributed by atoms with Crippen LogP contribution in [0.3, 0.4) is 0 Å². The van der Waals surface area contributed by atoms with Gasteiger partial charge in [0.05, 0.1) is 0 Å². The first kappa shape index (κ1) is 16.0. The molecule has 2 aromatic rings. The molecule has 1 aromatic carbocycles. The molecule has 0 fully saturated rings. The number of carbonyl (C=O) groups is 2. The lowest BCUT2D eigenvalue weighted by Gasteiger charge is -2.09. The Labute approximate surface area is 134 Å². The van der Waals surface area contributed by atoms with E-state index in [1.165, 1.54) is 18.3 Å². The van der Waals surface area contributed by atoms with Crippen molar-refractivity contribution in [2.24, 2.45) is 0 Å². The monoisotopic (exact) mass is 364 g/mol. The maximum atomic E-state index is 12.0. The number of nitrogens with one attached hydrogen (secondary N) is 1. The Hall–Kier alpha value is -2.41. The molecule has 7 heteroatoms. The minimum atomic E-state index is -1.32. The number of benzene rings is 1. The smallest absolute Gasteiger partial charge is 0.341 e. The van der Waals surface area contributed by atoms with Crippen LogP contribution in [-0.2, 0) is 11.3 Å². The fraction of sp³-hybridized carbons (Fsp3) is 0.133. The van der Waals surface area contributed by atoms with Gasteiger partial charge in [-0.2, -0.15) is 0 Å². The molecular formula is C15H13BrN2O4. The highest BCUT2D eigenvalue weighted by atomic mass is 79.9. The molecule has 0 unspecified atom stereocenters. The standard InChI is InChI=1S/C15H13BrN2O4/c1-9-7-10(4-5-12(9)16)17-13(19)8-18-6-2-3-11(14(18)20)15(21)22/h2-7H,8H2,1H3,(H,17,19)(H,21,22). The number of hydrogen-bond donors (Lipinski definition) is 2.